The molecule has 5 heteroatoms. The summed E-state index contributed by atoms with van der Waals surface area (Å²) in [6.45, 7) is 3.39. The summed E-state index contributed by atoms with van der Waals surface area (Å²) in [5, 5.41) is 10.4. The van der Waals surface area contributed by atoms with Crippen molar-refractivity contribution in [3.05, 3.63) is 0 Å². The summed E-state index contributed by atoms with van der Waals surface area (Å²) in [5.41, 5.74) is -0.633. The van der Waals surface area contributed by atoms with Gasteiger partial charge in [0, 0.05) is 24.9 Å². The Labute approximate surface area is 104 Å². The fraction of sp³-hybridized carbons (Fsp3) is 1.00. The zero-order valence-corrected chi connectivity index (χ0v) is 11.4. The lowest BCUT2D eigenvalue weighted by molar-refractivity contribution is 0.0392. The summed E-state index contributed by atoms with van der Waals surface area (Å²) in [5.74, 6) is 0.425. The van der Waals surface area contributed by atoms with Gasteiger partial charge in [-0.2, -0.15) is 0 Å². The van der Waals surface area contributed by atoms with Crippen LogP contribution in [0.25, 0.3) is 0 Å². The van der Waals surface area contributed by atoms with E-state index < -0.39 is 15.4 Å². The quantitative estimate of drug-likeness (QED) is 0.768. The van der Waals surface area contributed by atoms with Gasteiger partial charge in [-0.1, -0.05) is 6.92 Å². The van der Waals surface area contributed by atoms with Crippen LogP contribution in [0.3, 0.4) is 0 Å². The van der Waals surface area contributed by atoms with Gasteiger partial charge < -0.3 is 5.11 Å². The fourth-order valence-electron chi connectivity index (χ4n) is 2.61. The maximum atomic E-state index is 11.4. The van der Waals surface area contributed by atoms with Gasteiger partial charge in [0.05, 0.1) is 11.4 Å². The molecule has 0 aromatic rings. The highest BCUT2D eigenvalue weighted by Crippen LogP contribution is 2.35. The summed E-state index contributed by atoms with van der Waals surface area (Å²) in [6, 6.07) is 0.698. The number of hydrogen-bond donors (Lipinski definition) is 1. The van der Waals surface area contributed by atoms with Crippen molar-refractivity contribution in [3.63, 3.8) is 0 Å². The number of sulfone groups is 1. The Morgan fingerprint density at radius 2 is 2.12 bits per heavy atom. The Morgan fingerprint density at radius 3 is 2.71 bits per heavy atom. The van der Waals surface area contributed by atoms with E-state index in [1.807, 2.05) is 0 Å². The fourth-order valence-corrected chi connectivity index (χ4v) is 3.48. The van der Waals surface area contributed by atoms with Crippen molar-refractivity contribution in [1.82, 2.24) is 4.90 Å². The molecule has 2 rings (SSSR count). The van der Waals surface area contributed by atoms with Crippen molar-refractivity contribution in [1.29, 1.82) is 0 Å². The zero-order chi connectivity index (χ0) is 12.5. The van der Waals surface area contributed by atoms with E-state index in [1.165, 1.54) is 12.8 Å². The van der Waals surface area contributed by atoms with Crippen molar-refractivity contribution in [2.24, 2.45) is 0 Å². The van der Waals surface area contributed by atoms with Crippen molar-refractivity contribution >= 4 is 9.84 Å². The average Bonchev–Trinajstić information content (AvgIpc) is 3.03. The van der Waals surface area contributed by atoms with Crippen LogP contribution in [0.5, 0.6) is 0 Å². The van der Waals surface area contributed by atoms with E-state index >= 15 is 0 Å². The van der Waals surface area contributed by atoms with Gasteiger partial charge in [0.2, 0.25) is 0 Å². The minimum Gasteiger partial charge on any atom is -0.389 e. The maximum absolute atomic E-state index is 11.4. The molecule has 0 aromatic heterocycles. The van der Waals surface area contributed by atoms with Gasteiger partial charge in [-0.05, 0) is 32.1 Å². The summed E-state index contributed by atoms with van der Waals surface area (Å²) < 4.78 is 22.7. The molecule has 1 unspecified atom stereocenters. The lowest BCUT2D eigenvalue weighted by Crippen LogP contribution is -2.34. The molecule has 0 bridgehead atoms. The molecular weight excluding hydrogens is 238 g/mol. The summed E-state index contributed by atoms with van der Waals surface area (Å²) >= 11 is 0. The van der Waals surface area contributed by atoms with Gasteiger partial charge in [-0.15, -0.1) is 0 Å². The first-order chi connectivity index (χ1) is 7.94. The summed E-state index contributed by atoms with van der Waals surface area (Å²) in [6.07, 6.45) is 4.54. The van der Waals surface area contributed by atoms with Crippen LogP contribution in [-0.2, 0) is 9.84 Å². The smallest absolute Gasteiger partial charge is 0.150 e. The molecule has 1 aliphatic heterocycles. The second-order valence-corrected chi connectivity index (χ2v) is 7.99. The number of hydrogen-bond acceptors (Lipinski definition) is 4. The molecule has 1 aliphatic carbocycles. The van der Waals surface area contributed by atoms with Crippen LogP contribution < -0.4 is 0 Å². The number of aliphatic hydroxyl groups is 1. The van der Waals surface area contributed by atoms with Gasteiger partial charge in [0.1, 0.15) is 9.84 Å². The van der Waals surface area contributed by atoms with Crippen molar-refractivity contribution in [2.45, 2.75) is 50.7 Å². The molecule has 17 heavy (non-hydrogen) atoms. The second kappa shape index (κ2) is 4.86. The van der Waals surface area contributed by atoms with Crippen LogP contribution in [0.1, 0.15) is 39.0 Å². The normalized spacial score (nSPS) is 30.9. The molecule has 0 aromatic carbocycles. The van der Waals surface area contributed by atoms with Gasteiger partial charge in [-0.3, -0.25) is 4.90 Å². The van der Waals surface area contributed by atoms with E-state index in [2.05, 4.69) is 4.90 Å². The van der Waals surface area contributed by atoms with Crippen LogP contribution in [0.4, 0.5) is 0 Å². The predicted molar refractivity (Wildman–Crippen MR) is 67.7 cm³/mol. The number of likely N-dealkylation sites (tertiary alicyclic amines) is 1. The van der Waals surface area contributed by atoms with Crippen LogP contribution in [0.2, 0.25) is 0 Å². The maximum Gasteiger partial charge on any atom is 0.150 e. The number of β-amino-alcohol motifs (C(OH)–C–C–N with tert-alkyl or cyclic N) is 1. The Morgan fingerprint density at radius 1 is 1.41 bits per heavy atom. The molecule has 0 spiro atoms. The molecule has 0 amide bonds. The van der Waals surface area contributed by atoms with Crippen molar-refractivity contribution < 1.29 is 13.5 Å². The van der Waals surface area contributed by atoms with Gasteiger partial charge >= 0.3 is 0 Å². The Kier molecular flexibility index (Phi) is 3.80. The lowest BCUT2D eigenvalue weighted by Gasteiger charge is -2.23. The minimum absolute atomic E-state index is 0.208. The Hall–Kier alpha value is -0.130. The third-order valence-corrected chi connectivity index (χ3v) is 5.75. The minimum atomic E-state index is -2.88. The molecular formula is C12H23NO3S. The first-order valence-corrected chi connectivity index (χ1v) is 8.43. The van der Waals surface area contributed by atoms with E-state index in [0.29, 0.717) is 18.9 Å². The molecule has 2 aliphatic rings. The Bertz CT molecular complexity index is 364. The molecule has 2 fully saturated rings. The van der Waals surface area contributed by atoms with Crippen molar-refractivity contribution in [2.75, 3.05) is 24.6 Å². The van der Waals surface area contributed by atoms with E-state index in [-0.39, 0.29) is 11.5 Å². The predicted octanol–water partition coefficient (Wildman–Crippen LogP) is 0.800. The SMILES string of the molecule is CCS(=O)(=O)CCCC1(O)CCN(C2CC2)C1. The molecule has 1 heterocycles. The molecule has 0 radical (unpaired) electrons. The molecule has 1 N–H and O–H groups in total. The van der Waals surface area contributed by atoms with E-state index in [4.69, 9.17) is 0 Å². The standard InChI is InChI=1S/C12H23NO3S/c1-2-17(15,16)9-3-6-12(14)7-8-13(10-12)11-4-5-11/h11,14H,2-10H2,1H3. The monoisotopic (exact) mass is 261 g/mol. The molecule has 1 saturated heterocycles. The largest absolute Gasteiger partial charge is 0.389 e. The van der Waals surface area contributed by atoms with E-state index in [0.717, 1.165) is 19.5 Å². The third kappa shape index (κ3) is 3.66. The Balaban J connectivity index is 1.75. The third-order valence-electron chi connectivity index (χ3n) is 3.96. The topological polar surface area (TPSA) is 57.6 Å². The van der Waals surface area contributed by atoms with Gasteiger partial charge in [-0.25, -0.2) is 8.42 Å². The van der Waals surface area contributed by atoms with E-state index in [9.17, 15) is 13.5 Å². The average molecular weight is 261 g/mol. The first-order valence-electron chi connectivity index (χ1n) is 6.61. The van der Waals surface area contributed by atoms with Crippen LogP contribution in [-0.4, -0.2) is 54.7 Å². The summed E-state index contributed by atoms with van der Waals surface area (Å²) in [4.78, 5) is 2.36. The zero-order valence-electron chi connectivity index (χ0n) is 10.6. The van der Waals surface area contributed by atoms with Crippen molar-refractivity contribution in [3.8, 4) is 0 Å². The summed E-state index contributed by atoms with van der Waals surface area (Å²) in [7, 11) is -2.88. The van der Waals surface area contributed by atoms with Gasteiger partial charge in [0.25, 0.3) is 0 Å². The number of nitrogens with zero attached hydrogens (tertiary/aromatic N) is 1. The highest BCUT2D eigenvalue weighted by molar-refractivity contribution is 7.91. The lowest BCUT2D eigenvalue weighted by atomic mass is 9.97. The molecule has 1 atom stereocenters. The second-order valence-electron chi connectivity index (χ2n) is 5.52. The molecule has 4 nitrogen and oxygen atoms in total. The molecule has 100 valence electrons. The highest BCUT2D eigenvalue weighted by Gasteiger charge is 2.41. The van der Waals surface area contributed by atoms with Crippen LogP contribution in [0, 0.1) is 0 Å². The first kappa shape index (κ1) is 13.3. The van der Waals surface area contributed by atoms with Gasteiger partial charge in [0.15, 0.2) is 0 Å². The van der Waals surface area contributed by atoms with E-state index in [1.54, 1.807) is 6.92 Å². The number of rotatable bonds is 6. The molecule has 1 saturated carbocycles. The van der Waals surface area contributed by atoms with Crippen LogP contribution in [0.15, 0.2) is 0 Å². The highest BCUT2D eigenvalue weighted by atomic mass is 32.2. The van der Waals surface area contributed by atoms with Crippen LogP contribution >= 0.6 is 0 Å².